The molecule has 0 saturated carbocycles. The van der Waals surface area contributed by atoms with Crippen LogP contribution in [0.1, 0.15) is 37.4 Å². The quantitative estimate of drug-likeness (QED) is 0.484. The molecule has 1 saturated heterocycles. The van der Waals surface area contributed by atoms with E-state index in [0.29, 0.717) is 55.5 Å². The van der Waals surface area contributed by atoms with Crippen molar-refractivity contribution in [2.24, 2.45) is 5.10 Å². The Bertz CT molecular complexity index is 1220. The number of hydrazone groups is 1. The fraction of sp³-hybridized carbons (Fsp3) is 0.483. The Kier molecular flexibility index (Phi) is 9.94. The lowest BCUT2D eigenvalue weighted by atomic mass is 9.97. The molecule has 3 amide bonds. The standard InChI is InChI=1S/C29H38FN5O5/c1-20(2)31-29(37)34(12-11-33-13-15-40-16-14-33)19-28(36)35-25(21-9-10-26(38-3)27(17-21)39-4)18-24(32-35)22-7-5-6-8-23(22)30/h5-10,17,20,25H,11-16,18-19H2,1-4H3,(H,31,37). The van der Waals surface area contributed by atoms with Crippen molar-refractivity contribution in [1.29, 1.82) is 0 Å². The molecule has 1 unspecified atom stereocenters. The SMILES string of the molecule is COc1ccc(C2CC(c3ccccc3F)=NN2C(=O)CN(CCN2CCOCC2)C(=O)NC(C)C)cc1OC. The summed E-state index contributed by atoms with van der Waals surface area (Å²) in [7, 11) is 3.09. The molecule has 0 bridgehead atoms. The minimum Gasteiger partial charge on any atom is -0.493 e. The Morgan fingerprint density at radius 2 is 1.85 bits per heavy atom. The molecule has 2 aliphatic heterocycles. The van der Waals surface area contributed by atoms with Gasteiger partial charge in [-0.25, -0.2) is 14.2 Å². The predicted octanol–water partition coefficient (Wildman–Crippen LogP) is 3.27. The van der Waals surface area contributed by atoms with Crippen LogP contribution < -0.4 is 14.8 Å². The third kappa shape index (κ3) is 7.08. The van der Waals surface area contributed by atoms with Crippen LogP contribution in [0.4, 0.5) is 9.18 Å². The Morgan fingerprint density at radius 3 is 2.52 bits per heavy atom. The van der Waals surface area contributed by atoms with Crippen molar-refractivity contribution >= 4 is 17.6 Å². The minimum absolute atomic E-state index is 0.0922. The maximum absolute atomic E-state index is 14.7. The first-order chi connectivity index (χ1) is 19.3. The molecule has 4 rings (SSSR count). The van der Waals surface area contributed by atoms with E-state index in [9.17, 15) is 14.0 Å². The Hall–Kier alpha value is -3.70. The molecule has 11 heteroatoms. The Morgan fingerprint density at radius 1 is 1.12 bits per heavy atom. The van der Waals surface area contributed by atoms with E-state index in [1.807, 2.05) is 19.9 Å². The second-order valence-corrected chi connectivity index (χ2v) is 10.1. The maximum atomic E-state index is 14.7. The van der Waals surface area contributed by atoms with Crippen LogP contribution in [-0.2, 0) is 9.53 Å². The number of hydrogen-bond acceptors (Lipinski definition) is 7. The van der Waals surface area contributed by atoms with Gasteiger partial charge in [0.15, 0.2) is 11.5 Å². The number of nitrogens with one attached hydrogen (secondary N) is 1. The molecule has 40 heavy (non-hydrogen) atoms. The summed E-state index contributed by atoms with van der Waals surface area (Å²) < 4.78 is 31.0. The molecule has 1 atom stereocenters. The number of hydrogen-bond donors (Lipinski definition) is 1. The van der Waals surface area contributed by atoms with Gasteiger partial charge in [0.05, 0.1) is 39.2 Å². The molecule has 2 aliphatic rings. The van der Waals surface area contributed by atoms with Crippen LogP contribution >= 0.6 is 0 Å². The zero-order valence-electron chi connectivity index (χ0n) is 23.6. The smallest absolute Gasteiger partial charge is 0.318 e. The monoisotopic (exact) mass is 555 g/mol. The van der Waals surface area contributed by atoms with E-state index in [1.165, 1.54) is 16.0 Å². The third-order valence-electron chi connectivity index (χ3n) is 6.96. The summed E-state index contributed by atoms with van der Waals surface area (Å²) in [6, 6.07) is 10.8. The summed E-state index contributed by atoms with van der Waals surface area (Å²) in [5.74, 6) is 0.282. The van der Waals surface area contributed by atoms with Gasteiger partial charge in [0.2, 0.25) is 0 Å². The van der Waals surface area contributed by atoms with Gasteiger partial charge < -0.3 is 24.4 Å². The number of carbonyl (C=O) groups excluding carboxylic acids is 2. The van der Waals surface area contributed by atoms with Crippen LogP contribution in [0, 0.1) is 5.82 Å². The highest BCUT2D eigenvalue weighted by atomic mass is 19.1. The topological polar surface area (TPSA) is 95.9 Å². The zero-order chi connectivity index (χ0) is 28.6. The van der Waals surface area contributed by atoms with Crippen LogP contribution in [0.5, 0.6) is 11.5 Å². The van der Waals surface area contributed by atoms with Gasteiger partial charge in [0, 0.05) is 44.2 Å². The first kappa shape index (κ1) is 29.3. The second-order valence-electron chi connectivity index (χ2n) is 10.1. The van der Waals surface area contributed by atoms with Crippen molar-refractivity contribution in [2.45, 2.75) is 32.4 Å². The van der Waals surface area contributed by atoms with Gasteiger partial charge in [-0.15, -0.1) is 0 Å². The number of ether oxygens (including phenoxy) is 3. The average Bonchev–Trinajstić information content (AvgIpc) is 3.40. The molecular weight excluding hydrogens is 517 g/mol. The number of rotatable bonds is 10. The second kappa shape index (κ2) is 13.6. The molecular formula is C29H38FN5O5. The van der Waals surface area contributed by atoms with Crippen molar-refractivity contribution in [3.63, 3.8) is 0 Å². The Balaban J connectivity index is 1.61. The van der Waals surface area contributed by atoms with Crippen molar-refractivity contribution in [3.8, 4) is 11.5 Å². The first-order valence-electron chi connectivity index (χ1n) is 13.5. The van der Waals surface area contributed by atoms with Gasteiger partial charge in [-0.1, -0.05) is 24.3 Å². The molecule has 216 valence electrons. The molecule has 10 nitrogen and oxygen atoms in total. The van der Waals surface area contributed by atoms with Crippen molar-refractivity contribution in [2.75, 3.05) is 60.2 Å². The van der Waals surface area contributed by atoms with Gasteiger partial charge in [-0.2, -0.15) is 5.10 Å². The van der Waals surface area contributed by atoms with Crippen molar-refractivity contribution in [3.05, 3.63) is 59.4 Å². The number of carbonyl (C=O) groups is 2. The van der Waals surface area contributed by atoms with E-state index in [-0.39, 0.29) is 24.5 Å². The molecule has 2 aromatic carbocycles. The number of benzene rings is 2. The normalized spacial score (nSPS) is 17.5. The number of methoxy groups -OCH3 is 2. The van der Waals surface area contributed by atoms with Crippen LogP contribution in [0.3, 0.4) is 0 Å². The molecule has 1 fully saturated rings. The summed E-state index contributed by atoms with van der Waals surface area (Å²) >= 11 is 0. The minimum atomic E-state index is -0.517. The molecule has 0 spiro atoms. The van der Waals surface area contributed by atoms with Gasteiger partial charge in [-0.3, -0.25) is 9.69 Å². The van der Waals surface area contributed by atoms with E-state index in [2.05, 4.69) is 15.3 Å². The van der Waals surface area contributed by atoms with E-state index in [0.717, 1.165) is 18.7 Å². The summed E-state index contributed by atoms with van der Waals surface area (Å²) in [5, 5.41) is 8.87. The molecule has 2 heterocycles. The summed E-state index contributed by atoms with van der Waals surface area (Å²) in [6.07, 6.45) is 0.300. The van der Waals surface area contributed by atoms with E-state index in [4.69, 9.17) is 14.2 Å². The van der Waals surface area contributed by atoms with Crippen LogP contribution in [0.2, 0.25) is 0 Å². The summed E-state index contributed by atoms with van der Waals surface area (Å²) in [6.45, 7) is 7.39. The molecule has 0 radical (unpaired) electrons. The number of urea groups is 1. The van der Waals surface area contributed by atoms with Gasteiger partial charge in [-0.05, 0) is 37.6 Å². The summed E-state index contributed by atoms with van der Waals surface area (Å²) in [5.41, 5.74) is 1.55. The molecule has 0 aliphatic carbocycles. The van der Waals surface area contributed by atoms with Crippen LogP contribution in [0.25, 0.3) is 0 Å². The van der Waals surface area contributed by atoms with E-state index < -0.39 is 11.9 Å². The highest BCUT2D eigenvalue weighted by Gasteiger charge is 2.35. The van der Waals surface area contributed by atoms with E-state index >= 15 is 0 Å². The largest absolute Gasteiger partial charge is 0.493 e. The highest BCUT2D eigenvalue weighted by molar-refractivity contribution is 6.03. The third-order valence-corrected chi connectivity index (χ3v) is 6.96. The van der Waals surface area contributed by atoms with Crippen molar-refractivity contribution < 1.29 is 28.2 Å². The van der Waals surface area contributed by atoms with Gasteiger partial charge >= 0.3 is 6.03 Å². The Labute approximate surface area is 234 Å². The van der Waals surface area contributed by atoms with Crippen molar-refractivity contribution in [1.82, 2.24) is 20.1 Å². The number of amides is 3. The lowest BCUT2D eigenvalue weighted by Crippen LogP contribution is -2.50. The first-order valence-corrected chi connectivity index (χ1v) is 13.5. The maximum Gasteiger partial charge on any atom is 0.318 e. The lowest BCUT2D eigenvalue weighted by molar-refractivity contribution is -0.133. The molecule has 0 aromatic heterocycles. The number of nitrogens with zero attached hydrogens (tertiary/aromatic N) is 4. The lowest BCUT2D eigenvalue weighted by Gasteiger charge is -2.31. The highest BCUT2D eigenvalue weighted by Crippen LogP contribution is 2.37. The number of halogens is 1. The fourth-order valence-corrected chi connectivity index (χ4v) is 4.83. The van der Waals surface area contributed by atoms with E-state index in [1.54, 1.807) is 44.6 Å². The fourth-order valence-electron chi connectivity index (χ4n) is 4.83. The average molecular weight is 556 g/mol. The van der Waals surface area contributed by atoms with Gasteiger partial charge in [0.1, 0.15) is 12.4 Å². The van der Waals surface area contributed by atoms with Crippen LogP contribution in [0.15, 0.2) is 47.6 Å². The molecule has 2 aromatic rings. The van der Waals surface area contributed by atoms with Crippen LogP contribution in [-0.4, -0.2) is 98.7 Å². The zero-order valence-corrected chi connectivity index (χ0v) is 23.6. The number of morpholine rings is 1. The summed E-state index contributed by atoms with van der Waals surface area (Å²) in [4.78, 5) is 30.7. The van der Waals surface area contributed by atoms with Gasteiger partial charge in [0.25, 0.3) is 5.91 Å². The predicted molar refractivity (Wildman–Crippen MR) is 149 cm³/mol. The molecule has 1 N–H and O–H groups in total.